The Morgan fingerprint density at radius 3 is 2.41 bits per heavy atom. The smallest absolute Gasteiger partial charge is 0.171 e. The van der Waals surface area contributed by atoms with Crippen molar-refractivity contribution in [1.29, 1.82) is 0 Å². The Kier molecular flexibility index (Phi) is 4.60. The van der Waals surface area contributed by atoms with Gasteiger partial charge in [0.15, 0.2) is 11.6 Å². The second-order valence-corrected chi connectivity index (χ2v) is 4.62. The van der Waals surface area contributed by atoms with Crippen molar-refractivity contribution in [2.24, 2.45) is 16.8 Å². The molecule has 0 radical (unpaired) electrons. The molecule has 7 nitrogen and oxygen atoms in total. The molecular formula is C15H16N4O3. The Bertz CT molecular complexity index is 711. The fraction of sp³-hybridized carbons (Fsp3) is 0.0667. The van der Waals surface area contributed by atoms with Gasteiger partial charge in [-0.15, -0.1) is 0 Å². The molecule has 0 aliphatic heterocycles. The largest absolute Gasteiger partial charge is 0.508 e. The number of nitrogens with two attached hydrogens (primary N) is 2. The van der Waals surface area contributed by atoms with Crippen molar-refractivity contribution < 1.29 is 15.0 Å². The van der Waals surface area contributed by atoms with Crippen LogP contribution in [0.3, 0.4) is 0 Å². The summed E-state index contributed by atoms with van der Waals surface area (Å²) < 4.78 is 0. The second-order valence-electron chi connectivity index (χ2n) is 4.62. The number of hydrogen-bond donors (Lipinski definition) is 5. The molecule has 0 aliphatic carbocycles. The molecule has 0 aromatic heterocycles. The van der Waals surface area contributed by atoms with Crippen molar-refractivity contribution in [3.8, 4) is 11.5 Å². The number of Topliss-reactive ketones (excluding diaryl/α,β-unsaturated/α-hetero) is 1. The van der Waals surface area contributed by atoms with Crippen molar-refractivity contribution in [2.45, 2.75) is 6.42 Å². The van der Waals surface area contributed by atoms with Crippen molar-refractivity contribution >= 4 is 11.6 Å². The van der Waals surface area contributed by atoms with Gasteiger partial charge in [0, 0.05) is 12.0 Å². The minimum atomic E-state index is -0.300. The van der Waals surface area contributed by atoms with Crippen LogP contribution in [0.4, 0.5) is 0 Å². The van der Waals surface area contributed by atoms with Crippen molar-refractivity contribution in [3.05, 3.63) is 59.2 Å². The molecule has 0 saturated carbocycles. The van der Waals surface area contributed by atoms with Crippen LogP contribution in [0.25, 0.3) is 0 Å². The molecule has 0 unspecified atom stereocenters. The minimum absolute atomic E-state index is 0.0747. The molecule has 0 amide bonds. The van der Waals surface area contributed by atoms with E-state index in [-0.39, 0.29) is 29.3 Å². The van der Waals surface area contributed by atoms with Gasteiger partial charge >= 0.3 is 0 Å². The normalized spacial score (nSPS) is 11.2. The van der Waals surface area contributed by atoms with Gasteiger partial charge in [-0.05, 0) is 23.8 Å². The summed E-state index contributed by atoms with van der Waals surface area (Å²) in [6.07, 6.45) is 0.0858. The molecular weight excluding hydrogens is 284 g/mol. The molecule has 2 aromatic carbocycles. The van der Waals surface area contributed by atoms with Crippen molar-refractivity contribution in [2.75, 3.05) is 0 Å². The Hall–Kier alpha value is -3.06. The zero-order valence-electron chi connectivity index (χ0n) is 11.7. The van der Waals surface area contributed by atoms with Gasteiger partial charge in [-0.25, -0.2) is 5.84 Å². The molecule has 0 aliphatic rings. The number of hydrazine groups is 1. The predicted molar refractivity (Wildman–Crippen MR) is 82.3 cm³/mol. The first-order valence-corrected chi connectivity index (χ1v) is 6.44. The zero-order chi connectivity index (χ0) is 16.1. The van der Waals surface area contributed by atoms with Gasteiger partial charge in [0.1, 0.15) is 11.5 Å². The maximum Gasteiger partial charge on any atom is 0.171 e. The highest BCUT2D eigenvalue weighted by Crippen LogP contribution is 2.23. The van der Waals surface area contributed by atoms with Crippen LogP contribution >= 0.6 is 0 Å². The van der Waals surface area contributed by atoms with E-state index in [1.807, 2.05) is 0 Å². The first-order valence-electron chi connectivity index (χ1n) is 6.44. The number of rotatable bonds is 4. The van der Waals surface area contributed by atoms with Crippen molar-refractivity contribution in [1.82, 2.24) is 5.43 Å². The van der Waals surface area contributed by atoms with Crippen LogP contribution in [0.15, 0.2) is 47.6 Å². The lowest BCUT2D eigenvalue weighted by atomic mass is 10.0. The quantitative estimate of drug-likeness (QED) is 0.140. The molecule has 0 atom stereocenters. The Morgan fingerprint density at radius 2 is 1.82 bits per heavy atom. The van der Waals surface area contributed by atoms with E-state index in [1.165, 1.54) is 18.2 Å². The Balaban J connectivity index is 2.17. The van der Waals surface area contributed by atoms with Gasteiger partial charge in [0.2, 0.25) is 0 Å². The van der Waals surface area contributed by atoms with E-state index in [0.717, 1.165) is 5.56 Å². The highest BCUT2D eigenvalue weighted by atomic mass is 16.3. The third-order valence-corrected chi connectivity index (χ3v) is 3.14. The summed E-state index contributed by atoms with van der Waals surface area (Å²) in [7, 11) is 0. The number of amidine groups is 1. The second kappa shape index (κ2) is 6.59. The molecule has 0 fully saturated rings. The van der Waals surface area contributed by atoms with E-state index in [0.29, 0.717) is 11.4 Å². The number of ketones is 1. The van der Waals surface area contributed by atoms with Crippen LogP contribution in [-0.4, -0.2) is 21.8 Å². The summed E-state index contributed by atoms with van der Waals surface area (Å²) in [6.45, 7) is 0. The van der Waals surface area contributed by atoms with Gasteiger partial charge in [0.05, 0.1) is 5.56 Å². The lowest BCUT2D eigenvalue weighted by Gasteiger charge is -2.07. The number of hydrogen-bond acceptors (Lipinski definition) is 6. The minimum Gasteiger partial charge on any atom is -0.508 e. The number of aromatic hydroxyl groups is 2. The molecule has 7 N–H and O–H groups in total. The number of phenols is 2. The number of phenolic OH excluding ortho intramolecular Hbond substituents is 2. The van der Waals surface area contributed by atoms with Crippen LogP contribution in [0.2, 0.25) is 0 Å². The van der Waals surface area contributed by atoms with Crippen molar-refractivity contribution in [3.63, 3.8) is 0 Å². The molecule has 2 aromatic rings. The van der Waals surface area contributed by atoms with Gasteiger partial charge in [-0.3, -0.25) is 4.79 Å². The Labute approximate surface area is 126 Å². The predicted octanol–water partition coefficient (Wildman–Crippen LogP) is 0.607. The van der Waals surface area contributed by atoms with E-state index in [9.17, 15) is 15.0 Å². The van der Waals surface area contributed by atoms with Gasteiger partial charge in [-0.1, -0.05) is 24.3 Å². The van der Waals surface area contributed by atoms with E-state index in [1.54, 1.807) is 24.3 Å². The summed E-state index contributed by atoms with van der Waals surface area (Å²) >= 11 is 0. The third-order valence-electron chi connectivity index (χ3n) is 3.14. The van der Waals surface area contributed by atoms with E-state index >= 15 is 0 Å². The molecule has 114 valence electrons. The number of hydrazone groups is 1. The molecule has 0 heterocycles. The average molecular weight is 300 g/mol. The molecule has 0 bridgehead atoms. The molecule has 0 saturated heterocycles. The maximum atomic E-state index is 12.2. The summed E-state index contributed by atoms with van der Waals surface area (Å²) in [5.41, 5.74) is 3.87. The van der Waals surface area contributed by atoms with Crippen LogP contribution in [-0.2, 0) is 6.42 Å². The SMILES string of the molecule is N/N=C(\NN)c1ccc(CC(=O)c2cc(O)ccc2O)cc1. The van der Waals surface area contributed by atoms with E-state index in [4.69, 9.17) is 11.7 Å². The molecule has 7 heteroatoms. The maximum absolute atomic E-state index is 12.2. The summed E-state index contributed by atoms with van der Waals surface area (Å²) in [6, 6.07) is 10.7. The van der Waals surface area contributed by atoms with Crippen LogP contribution in [0, 0.1) is 0 Å². The van der Waals surface area contributed by atoms with Crippen LogP contribution in [0.1, 0.15) is 21.5 Å². The lowest BCUT2D eigenvalue weighted by Crippen LogP contribution is -2.32. The summed E-state index contributed by atoms with van der Waals surface area (Å²) in [4.78, 5) is 12.2. The topological polar surface area (TPSA) is 134 Å². The molecule has 2 rings (SSSR count). The van der Waals surface area contributed by atoms with Gasteiger partial charge in [-0.2, -0.15) is 5.10 Å². The first-order chi connectivity index (χ1) is 10.5. The Morgan fingerprint density at radius 1 is 1.14 bits per heavy atom. The standard InChI is InChI=1S/C15H16N4O3/c16-18-15(19-17)10-3-1-9(2-4-10)7-14(22)12-8-11(20)5-6-13(12)21/h1-6,8,20-21H,7,16-17H2,(H,18,19). The fourth-order valence-electron chi connectivity index (χ4n) is 2.00. The average Bonchev–Trinajstić information content (AvgIpc) is 2.52. The number of carbonyl (C=O) groups is 1. The summed E-state index contributed by atoms with van der Waals surface area (Å²) in [5, 5.41) is 22.6. The third kappa shape index (κ3) is 3.33. The molecule has 22 heavy (non-hydrogen) atoms. The first kappa shape index (κ1) is 15.3. The van der Waals surface area contributed by atoms with Gasteiger partial charge in [0.25, 0.3) is 0 Å². The zero-order valence-corrected chi connectivity index (χ0v) is 11.7. The van der Waals surface area contributed by atoms with Gasteiger partial charge < -0.3 is 21.5 Å². The van der Waals surface area contributed by atoms with Crippen LogP contribution < -0.4 is 17.1 Å². The molecule has 0 spiro atoms. The lowest BCUT2D eigenvalue weighted by molar-refractivity contribution is 0.0990. The highest BCUT2D eigenvalue weighted by molar-refractivity contribution is 6.01. The number of carbonyl (C=O) groups excluding carboxylic acids is 1. The number of nitrogens with one attached hydrogen (secondary N) is 1. The van der Waals surface area contributed by atoms with E-state index < -0.39 is 0 Å². The van der Waals surface area contributed by atoms with E-state index in [2.05, 4.69) is 10.5 Å². The monoisotopic (exact) mass is 300 g/mol. The fourth-order valence-corrected chi connectivity index (χ4v) is 2.00. The number of nitrogens with zero attached hydrogens (tertiary/aromatic N) is 1. The highest BCUT2D eigenvalue weighted by Gasteiger charge is 2.13. The number of benzene rings is 2. The van der Waals surface area contributed by atoms with Crippen LogP contribution in [0.5, 0.6) is 11.5 Å². The summed E-state index contributed by atoms with van der Waals surface area (Å²) in [5.74, 6) is 10.2.